The van der Waals surface area contributed by atoms with E-state index in [1.807, 2.05) is 18.2 Å². The fraction of sp³-hybridized carbons (Fsp3) is 0.200. The normalized spacial score (nSPS) is 13.7. The lowest BCUT2D eigenvalue weighted by molar-refractivity contribution is 0.471. The minimum Gasteiger partial charge on any atom is -0.507 e. The van der Waals surface area contributed by atoms with Crippen LogP contribution in [-0.4, -0.2) is 11.7 Å². The van der Waals surface area contributed by atoms with Crippen molar-refractivity contribution in [1.82, 2.24) is 0 Å². The molecule has 0 aromatic heterocycles. The van der Waals surface area contributed by atoms with Crippen molar-refractivity contribution in [2.24, 2.45) is 0 Å². The molecule has 3 rings (SSSR count). The van der Waals surface area contributed by atoms with E-state index in [1.54, 1.807) is 12.1 Å². The second-order valence-electron chi connectivity index (χ2n) is 4.73. The highest BCUT2D eigenvalue weighted by molar-refractivity contribution is 9.10. The van der Waals surface area contributed by atoms with Crippen molar-refractivity contribution in [3.63, 3.8) is 0 Å². The van der Waals surface area contributed by atoms with Crippen molar-refractivity contribution < 1.29 is 9.50 Å². The molecule has 1 aliphatic rings. The van der Waals surface area contributed by atoms with Gasteiger partial charge in [0.2, 0.25) is 0 Å². The summed E-state index contributed by atoms with van der Waals surface area (Å²) in [5.41, 5.74) is 3.25. The Morgan fingerprint density at radius 2 is 2.05 bits per heavy atom. The third kappa shape index (κ3) is 2.45. The van der Waals surface area contributed by atoms with Crippen LogP contribution in [0.1, 0.15) is 11.1 Å². The van der Waals surface area contributed by atoms with Crippen molar-refractivity contribution in [3.8, 4) is 5.75 Å². The van der Waals surface area contributed by atoms with Crippen LogP contribution in [0.3, 0.4) is 0 Å². The van der Waals surface area contributed by atoms with Gasteiger partial charge in [-0.25, -0.2) is 4.39 Å². The average Bonchev–Trinajstić information content (AvgIpc) is 2.77. The third-order valence-electron chi connectivity index (χ3n) is 3.42. The Kier molecular flexibility index (Phi) is 3.19. The van der Waals surface area contributed by atoms with E-state index in [4.69, 9.17) is 0 Å². The first kappa shape index (κ1) is 12.5. The highest BCUT2D eigenvalue weighted by Crippen LogP contribution is 2.31. The number of aromatic hydroxyl groups is 1. The molecule has 0 amide bonds. The molecule has 2 aromatic carbocycles. The Morgan fingerprint density at radius 3 is 2.84 bits per heavy atom. The molecular formula is C15H13BrFNO. The van der Waals surface area contributed by atoms with Gasteiger partial charge >= 0.3 is 0 Å². The summed E-state index contributed by atoms with van der Waals surface area (Å²) in [5.74, 6) is 0.0363. The van der Waals surface area contributed by atoms with Gasteiger partial charge in [-0.15, -0.1) is 0 Å². The van der Waals surface area contributed by atoms with Crippen LogP contribution in [0.5, 0.6) is 5.75 Å². The minimum absolute atomic E-state index is 0.197. The highest BCUT2D eigenvalue weighted by Gasteiger charge is 2.19. The molecule has 0 fully saturated rings. The molecule has 0 atom stereocenters. The number of hydrogen-bond acceptors (Lipinski definition) is 2. The van der Waals surface area contributed by atoms with Crippen LogP contribution in [0.4, 0.5) is 10.1 Å². The zero-order chi connectivity index (χ0) is 13.4. The van der Waals surface area contributed by atoms with Crippen LogP contribution in [0.15, 0.2) is 40.9 Å². The molecule has 0 saturated carbocycles. The largest absolute Gasteiger partial charge is 0.507 e. The Morgan fingerprint density at radius 1 is 1.21 bits per heavy atom. The maximum atomic E-state index is 13.3. The summed E-state index contributed by atoms with van der Waals surface area (Å²) >= 11 is 3.31. The number of phenols is 1. The van der Waals surface area contributed by atoms with Crippen molar-refractivity contribution >= 4 is 21.6 Å². The fourth-order valence-electron chi connectivity index (χ4n) is 2.45. The van der Waals surface area contributed by atoms with Crippen LogP contribution in [0, 0.1) is 5.82 Å². The van der Waals surface area contributed by atoms with E-state index in [0.717, 1.165) is 30.8 Å². The Bertz CT molecular complexity index is 630. The van der Waals surface area contributed by atoms with Gasteiger partial charge in [0.25, 0.3) is 0 Å². The number of fused-ring (bicyclic) bond motifs is 1. The first-order valence-corrected chi connectivity index (χ1v) is 6.93. The smallest absolute Gasteiger partial charge is 0.129 e. The number of phenolic OH excluding ortho intramolecular Hbond substituents is 1. The summed E-state index contributed by atoms with van der Waals surface area (Å²) in [7, 11) is 0. The van der Waals surface area contributed by atoms with E-state index in [0.29, 0.717) is 4.47 Å². The molecule has 0 spiro atoms. The van der Waals surface area contributed by atoms with Gasteiger partial charge in [-0.1, -0.05) is 12.1 Å². The number of halogens is 2. The number of benzene rings is 2. The quantitative estimate of drug-likeness (QED) is 0.908. The zero-order valence-corrected chi connectivity index (χ0v) is 11.8. The third-order valence-corrected chi connectivity index (χ3v) is 4.06. The maximum absolute atomic E-state index is 13.3. The standard InChI is InChI=1S/C15H13BrFNO/c16-13-7-10(1-4-15(13)19)9-18-6-5-11-2-3-12(17)8-14(11)18/h1-4,7-8,19H,5-6,9H2. The lowest BCUT2D eigenvalue weighted by atomic mass is 10.1. The molecule has 0 radical (unpaired) electrons. The van der Waals surface area contributed by atoms with Gasteiger partial charge in [0.15, 0.2) is 0 Å². The van der Waals surface area contributed by atoms with Crippen molar-refractivity contribution in [2.75, 3.05) is 11.4 Å². The molecule has 98 valence electrons. The molecule has 2 nitrogen and oxygen atoms in total. The van der Waals surface area contributed by atoms with Gasteiger partial charge in [0.1, 0.15) is 11.6 Å². The van der Waals surface area contributed by atoms with E-state index in [9.17, 15) is 9.50 Å². The summed E-state index contributed by atoms with van der Waals surface area (Å²) < 4.78 is 14.0. The minimum atomic E-state index is -0.197. The Labute approximate surface area is 119 Å². The molecule has 0 saturated heterocycles. The van der Waals surface area contributed by atoms with E-state index in [2.05, 4.69) is 20.8 Å². The van der Waals surface area contributed by atoms with E-state index < -0.39 is 0 Å². The van der Waals surface area contributed by atoms with Gasteiger partial charge in [-0.05, 0) is 57.7 Å². The predicted molar refractivity (Wildman–Crippen MR) is 77.0 cm³/mol. The molecular weight excluding hydrogens is 309 g/mol. The number of anilines is 1. The molecule has 4 heteroatoms. The monoisotopic (exact) mass is 321 g/mol. The van der Waals surface area contributed by atoms with Crippen LogP contribution in [-0.2, 0) is 13.0 Å². The summed E-state index contributed by atoms with van der Waals surface area (Å²) in [6, 6.07) is 10.4. The van der Waals surface area contributed by atoms with Gasteiger partial charge in [0, 0.05) is 18.8 Å². The lowest BCUT2D eigenvalue weighted by Crippen LogP contribution is -2.19. The molecule has 0 unspecified atom stereocenters. The van der Waals surface area contributed by atoms with Crippen LogP contribution < -0.4 is 4.90 Å². The Hall–Kier alpha value is -1.55. The molecule has 2 aromatic rings. The number of nitrogens with zero attached hydrogens (tertiary/aromatic N) is 1. The van der Waals surface area contributed by atoms with Crippen molar-refractivity contribution in [1.29, 1.82) is 0 Å². The summed E-state index contributed by atoms with van der Waals surface area (Å²) in [5, 5.41) is 9.49. The number of hydrogen-bond donors (Lipinski definition) is 1. The van der Waals surface area contributed by atoms with Gasteiger partial charge in [-0.3, -0.25) is 0 Å². The molecule has 0 bridgehead atoms. The van der Waals surface area contributed by atoms with Crippen molar-refractivity contribution in [3.05, 3.63) is 57.8 Å². The molecule has 1 N–H and O–H groups in total. The first-order valence-electron chi connectivity index (χ1n) is 6.14. The second-order valence-corrected chi connectivity index (χ2v) is 5.58. The van der Waals surface area contributed by atoms with Gasteiger partial charge in [-0.2, -0.15) is 0 Å². The zero-order valence-electron chi connectivity index (χ0n) is 10.2. The maximum Gasteiger partial charge on any atom is 0.129 e. The Balaban J connectivity index is 1.86. The van der Waals surface area contributed by atoms with Crippen LogP contribution >= 0.6 is 15.9 Å². The van der Waals surface area contributed by atoms with E-state index in [1.165, 1.54) is 11.6 Å². The average molecular weight is 322 g/mol. The molecule has 0 aliphatic carbocycles. The highest BCUT2D eigenvalue weighted by atomic mass is 79.9. The first-order chi connectivity index (χ1) is 9.13. The van der Waals surface area contributed by atoms with E-state index in [-0.39, 0.29) is 11.6 Å². The summed E-state index contributed by atoms with van der Waals surface area (Å²) in [4.78, 5) is 2.16. The van der Waals surface area contributed by atoms with Crippen LogP contribution in [0.2, 0.25) is 0 Å². The molecule has 19 heavy (non-hydrogen) atoms. The lowest BCUT2D eigenvalue weighted by Gasteiger charge is -2.19. The predicted octanol–water partition coefficient (Wildman–Crippen LogP) is 3.86. The van der Waals surface area contributed by atoms with Crippen molar-refractivity contribution in [2.45, 2.75) is 13.0 Å². The SMILES string of the molecule is Oc1ccc(CN2CCc3ccc(F)cc32)cc1Br. The topological polar surface area (TPSA) is 23.5 Å². The molecule has 1 aliphatic heterocycles. The molecule has 1 heterocycles. The van der Waals surface area contributed by atoms with Gasteiger partial charge < -0.3 is 10.0 Å². The van der Waals surface area contributed by atoms with Gasteiger partial charge in [0.05, 0.1) is 4.47 Å². The second kappa shape index (κ2) is 4.85. The fourth-order valence-corrected chi connectivity index (χ4v) is 2.88. The van der Waals surface area contributed by atoms with Crippen LogP contribution in [0.25, 0.3) is 0 Å². The summed E-state index contributed by atoms with van der Waals surface area (Å²) in [6.07, 6.45) is 0.953. The number of rotatable bonds is 2. The summed E-state index contributed by atoms with van der Waals surface area (Å²) in [6.45, 7) is 1.62. The van der Waals surface area contributed by atoms with E-state index >= 15 is 0 Å².